The van der Waals surface area contributed by atoms with Gasteiger partial charge in [-0.25, -0.2) is 0 Å². The Morgan fingerprint density at radius 2 is 1.84 bits per heavy atom. The molecule has 1 aromatic rings. The van der Waals surface area contributed by atoms with Crippen molar-refractivity contribution in [1.82, 2.24) is 4.90 Å². The number of hydrogen-bond acceptors (Lipinski definition) is 2. The van der Waals surface area contributed by atoms with Gasteiger partial charge in [0.05, 0.1) is 0 Å². The maximum atomic E-state index is 12.3. The van der Waals surface area contributed by atoms with Crippen LogP contribution in [0.3, 0.4) is 0 Å². The van der Waals surface area contributed by atoms with Crippen molar-refractivity contribution in [3.05, 3.63) is 30.3 Å². The van der Waals surface area contributed by atoms with Crippen molar-refractivity contribution in [3.63, 3.8) is 0 Å². The lowest BCUT2D eigenvalue weighted by molar-refractivity contribution is -0.119. The SMILES string of the molecule is CCC(=O)N(c1ccccc1)C1CCN(CC)CC1. The predicted octanol–water partition coefficient (Wildman–Crippen LogP) is 2.91. The van der Waals surface area contributed by atoms with Crippen LogP contribution < -0.4 is 4.90 Å². The molecule has 0 spiro atoms. The summed E-state index contributed by atoms with van der Waals surface area (Å²) in [5.41, 5.74) is 1.05. The van der Waals surface area contributed by atoms with E-state index in [0.29, 0.717) is 12.5 Å². The van der Waals surface area contributed by atoms with Crippen molar-refractivity contribution in [2.45, 2.75) is 39.2 Å². The Morgan fingerprint density at radius 3 is 2.37 bits per heavy atom. The topological polar surface area (TPSA) is 23.6 Å². The largest absolute Gasteiger partial charge is 0.309 e. The van der Waals surface area contributed by atoms with E-state index in [9.17, 15) is 4.79 Å². The highest BCUT2D eigenvalue weighted by Gasteiger charge is 2.27. The number of rotatable bonds is 4. The Balaban J connectivity index is 2.13. The molecule has 3 heteroatoms. The summed E-state index contributed by atoms with van der Waals surface area (Å²) >= 11 is 0. The van der Waals surface area contributed by atoms with E-state index in [1.165, 1.54) is 0 Å². The van der Waals surface area contributed by atoms with Gasteiger partial charge in [-0.1, -0.05) is 32.0 Å². The molecule has 2 rings (SSSR count). The van der Waals surface area contributed by atoms with Crippen molar-refractivity contribution in [2.75, 3.05) is 24.5 Å². The fraction of sp³-hybridized carbons (Fsp3) is 0.562. The van der Waals surface area contributed by atoms with Gasteiger partial charge in [0.2, 0.25) is 5.91 Å². The molecular formula is C16H24N2O. The van der Waals surface area contributed by atoms with Gasteiger partial charge in [-0.05, 0) is 31.5 Å². The third kappa shape index (κ3) is 3.35. The molecule has 19 heavy (non-hydrogen) atoms. The van der Waals surface area contributed by atoms with Gasteiger partial charge >= 0.3 is 0 Å². The molecule has 1 aliphatic heterocycles. The third-order valence-corrected chi connectivity index (χ3v) is 3.97. The Labute approximate surface area is 116 Å². The van der Waals surface area contributed by atoms with Gasteiger partial charge < -0.3 is 9.80 Å². The summed E-state index contributed by atoms with van der Waals surface area (Å²) in [7, 11) is 0. The van der Waals surface area contributed by atoms with E-state index in [4.69, 9.17) is 0 Å². The number of para-hydroxylation sites is 1. The summed E-state index contributed by atoms with van der Waals surface area (Å²) in [6.45, 7) is 7.45. The number of likely N-dealkylation sites (tertiary alicyclic amines) is 1. The van der Waals surface area contributed by atoms with Gasteiger partial charge in [-0.3, -0.25) is 4.79 Å². The summed E-state index contributed by atoms with van der Waals surface area (Å²) in [5, 5.41) is 0. The number of nitrogens with zero attached hydrogens (tertiary/aromatic N) is 2. The highest BCUT2D eigenvalue weighted by molar-refractivity contribution is 5.93. The zero-order chi connectivity index (χ0) is 13.7. The lowest BCUT2D eigenvalue weighted by Crippen LogP contribution is -2.47. The third-order valence-electron chi connectivity index (χ3n) is 3.97. The van der Waals surface area contributed by atoms with Gasteiger partial charge in [0.1, 0.15) is 0 Å². The lowest BCUT2D eigenvalue weighted by Gasteiger charge is -2.38. The molecule has 0 atom stereocenters. The van der Waals surface area contributed by atoms with E-state index in [2.05, 4.69) is 11.8 Å². The van der Waals surface area contributed by atoms with Gasteiger partial charge in [0.15, 0.2) is 0 Å². The molecule has 0 saturated carbocycles. The molecule has 3 nitrogen and oxygen atoms in total. The molecule has 1 fully saturated rings. The average Bonchev–Trinajstić information content (AvgIpc) is 2.49. The second-order valence-corrected chi connectivity index (χ2v) is 5.12. The van der Waals surface area contributed by atoms with Crippen LogP contribution in [-0.4, -0.2) is 36.5 Å². The number of benzene rings is 1. The molecule has 0 N–H and O–H groups in total. The highest BCUT2D eigenvalue weighted by Crippen LogP contribution is 2.24. The zero-order valence-electron chi connectivity index (χ0n) is 12.0. The molecule has 1 amide bonds. The van der Waals surface area contributed by atoms with Crippen LogP contribution >= 0.6 is 0 Å². The summed E-state index contributed by atoms with van der Waals surface area (Å²) < 4.78 is 0. The van der Waals surface area contributed by atoms with Crippen molar-refractivity contribution in [2.24, 2.45) is 0 Å². The minimum absolute atomic E-state index is 0.237. The summed E-state index contributed by atoms with van der Waals surface area (Å²) in [6.07, 6.45) is 2.73. The van der Waals surface area contributed by atoms with Gasteiger partial charge in [0, 0.05) is 31.2 Å². The molecule has 1 saturated heterocycles. The maximum absolute atomic E-state index is 12.3. The number of anilines is 1. The van der Waals surface area contributed by atoms with Gasteiger partial charge in [0.25, 0.3) is 0 Å². The quantitative estimate of drug-likeness (QED) is 0.831. The molecule has 0 aromatic heterocycles. The predicted molar refractivity (Wildman–Crippen MR) is 79.4 cm³/mol. The Hall–Kier alpha value is -1.35. The first-order chi connectivity index (χ1) is 9.26. The summed E-state index contributed by atoms with van der Waals surface area (Å²) in [5.74, 6) is 0.237. The standard InChI is InChI=1S/C16H24N2O/c1-3-16(19)18(14-8-6-5-7-9-14)15-10-12-17(4-2)13-11-15/h5-9,15H,3-4,10-13H2,1-2H3. The van der Waals surface area contributed by atoms with Gasteiger partial charge in [-0.2, -0.15) is 0 Å². The monoisotopic (exact) mass is 260 g/mol. The van der Waals surface area contributed by atoms with Crippen LogP contribution in [0.15, 0.2) is 30.3 Å². The molecule has 1 aliphatic rings. The zero-order valence-corrected chi connectivity index (χ0v) is 12.0. The van der Waals surface area contributed by atoms with Crippen LogP contribution in [0.2, 0.25) is 0 Å². The lowest BCUT2D eigenvalue weighted by atomic mass is 10.0. The summed E-state index contributed by atoms with van der Waals surface area (Å²) in [6, 6.07) is 10.5. The van der Waals surface area contributed by atoms with Crippen molar-refractivity contribution in [1.29, 1.82) is 0 Å². The fourth-order valence-corrected chi connectivity index (χ4v) is 2.81. The maximum Gasteiger partial charge on any atom is 0.226 e. The minimum atomic E-state index is 0.237. The molecular weight excluding hydrogens is 236 g/mol. The first-order valence-electron chi connectivity index (χ1n) is 7.35. The Kier molecular flexibility index (Phi) is 4.97. The second-order valence-electron chi connectivity index (χ2n) is 5.12. The normalized spacial score (nSPS) is 17.4. The number of carbonyl (C=O) groups excluding carboxylic acids is 1. The van der Waals surface area contributed by atoms with Crippen molar-refractivity contribution < 1.29 is 4.79 Å². The number of amides is 1. The van der Waals surface area contributed by atoms with Crippen LogP contribution in [0.4, 0.5) is 5.69 Å². The first-order valence-corrected chi connectivity index (χ1v) is 7.35. The average molecular weight is 260 g/mol. The molecule has 1 heterocycles. The van der Waals surface area contributed by atoms with Crippen molar-refractivity contribution in [3.8, 4) is 0 Å². The van der Waals surface area contributed by atoms with E-state index in [-0.39, 0.29) is 5.91 Å². The smallest absolute Gasteiger partial charge is 0.226 e. The molecule has 0 aliphatic carbocycles. The second kappa shape index (κ2) is 6.71. The first kappa shape index (κ1) is 14.1. The van der Waals surface area contributed by atoms with E-state index in [0.717, 1.165) is 38.2 Å². The molecule has 1 aromatic carbocycles. The molecule has 0 unspecified atom stereocenters. The van der Waals surface area contributed by atoms with Crippen LogP contribution in [0.25, 0.3) is 0 Å². The van der Waals surface area contributed by atoms with Crippen LogP contribution in [0, 0.1) is 0 Å². The number of piperidine rings is 1. The van der Waals surface area contributed by atoms with Crippen LogP contribution in [0.1, 0.15) is 33.1 Å². The van der Waals surface area contributed by atoms with E-state index < -0.39 is 0 Å². The van der Waals surface area contributed by atoms with Crippen molar-refractivity contribution >= 4 is 11.6 Å². The Bertz CT molecular complexity index is 396. The molecule has 0 bridgehead atoms. The minimum Gasteiger partial charge on any atom is -0.309 e. The number of hydrogen-bond donors (Lipinski definition) is 0. The van der Waals surface area contributed by atoms with Crippen LogP contribution in [-0.2, 0) is 4.79 Å². The van der Waals surface area contributed by atoms with E-state index in [1.54, 1.807) is 0 Å². The fourth-order valence-electron chi connectivity index (χ4n) is 2.81. The van der Waals surface area contributed by atoms with Crippen LogP contribution in [0.5, 0.6) is 0 Å². The van der Waals surface area contributed by atoms with Gasteiger partial charge in [-0.15, -0.1) is 0 Å². The highest BCUT2D eigenvalue weighted by atomic mass is 16.2. The number of carbonyl (C=O) groups is 1. The molecule has 104 valence electrons. The summed E-state index contributed by atoms with van der Waals surface area (Å²) in [4.78, 5) is 16.8. The van der Waals surface area contributed by atoms with E-state index in [1.807, 2.05) is 42.2 Å². The Morgan fingerprint density at radius 1 is 1.21 bits per heavy atom. The van der Waals surface area contributed by atoms with E-state index >= 15 is 0 Å². The molecule has 0 radical (unpaired) electrons.